The predicted molar refractivity (Wildman–Crippen MR) is 169 cm³/mol. The Bertz CT molecular complexity index is 1600. The summed E-state index contributed by atoms with van der Waals surface area (Å²) in [6.45, 7) is 7.56. The highest BCUT2D eigenvalue weighted by Crippen LogP contribution is 2.43. The number of likely N-dealkylation sites (tertiary alicyclic amines) is 1. The maximum atomic E-state index is 13.0. The summed E-state index contributed by atoms with van der Waals surface area (Å²) in [7, 11) is 0. The number of nitrogens with zero attached hydrogens (tertiary/aromatic N) is 5. The lowest BCUT2D eigenvalue weighted by Crippen LogP contribution is -2.61. The van der Waals surface area contributed by atoms with Gasteiger partial charge in [0.25, 0.3) is 0 Å². The lowest BCUT2D eigenvalue weighted by molar-refractivity contribution is -0.139. The Morgan fingerprint density at radius 3 is 2.49 bits per heavy atom. The van der Waals surface area contributed by atoms with Crippen molar-refractivity contribution in [2.24, 2.45) is 11.3 Å². The molecule has 0 unspecified atom stereocenters. The Hall–Kier alpha value is -3.40. The Morgan fingerprint density at radius 1 is 1.05 bits per heavy atom. The van der Waals surface area contributed by atoms with Crippen molar-refractivity contribution in [3.63, 3.8) is 0 Å². The topological polar surface area (TPSA) is 99.3 Å². The van der Waals surface area contributed by atoms with Crippen LogP contribution in [0.15, 0.2) is 48.9 Å². The molecule has 0 bridgehead atoms. The van der Waals surface area contributed by atoms with Crippen molar-refractivity contribution in [3.05, 3.63) is 64.5 Å². The van der Waals surface area contributed by atoms with E-state index in [0.717, 1.165) is 92.9 Å². The van der Waals surface area contributed by atoms with Gasteiger partial charge in [-0.3, -0.25) is 14.9 Å². The van der Waals surface area contributed by atoms with Gasteiger partial charge in [0.05, 0.1) is 15.6 Å². The SMILES string of the molecule is C[C@@H](Oc1ccc2[nH]nc(-c3ccc(N4CC5(CCN(C(=O)C6CCNCC6)CC5)C4)nc3)c2c1)c1c(Cl)cncc1Cl. The number of carbonyl (C=O) groups is 1. The fourth-order valence-corrected chi connectivity index (χ4v) is 7.51. The first-order chi connectivity index (χ1) is 20.9. The van der Waals surface area contributed by atoms with Gasteiger partial charge in [0.1, 0.15) is 23.4 Å². The minimum absolute atomic E-state index is 0.204. The molecule has 3 aliphatic heterocycles. The smallest absolute Gasteiger partial charge is 0.225 e. The summed E-state index contributed by atoms with van der Waals surface area (Å²) in [4.78, 5) is 26.3. The van der Waals surface area contributed by atoms with Crippen molar-refractivity contribution in [1.29, 1.82) is 0 Å². The number of piperidine rings is 2. The molecule has 0 saturated carbocycles. The molecule has 9 nitrogen and oxygen atoms in total. The average molecular weight is 621 g/mol. The van der Waals surface area contributed by atoms with Crippen LogP contribution in [-0.2, 0) is 4.79 Å². The second-order valence-corrected chi connectivity index (χ2v) is 13.0. The van der Waals surface area contributed by atoms with E-state index >= 15 is 0 Å². The number of fused-ring (bicyclic) bond motifs is 1. The minimum atomic E-state index is -0.362. The third kappa shape index (κ3) is 5.54. The standard InChI is InChI=1S/C32H35Cl2N7O2/c1-20(29-25(33)16-36-17-26(29)34)43-23-3-4-27-24(14-23)30(39-38-27)22-2-5-28(37-15-22)41-18-32(19-41)8-12-40(13-9-32)31(42)21-6-10-35-11-7-21/h2-5,14-17,20-21,35H,6-13,18-19H2,1H3,(H,38,39)/t20-/m1/s1. The molecule has 2 N–H and O–H groups in total. The number of H-pyrrole nitrogens is 1. The first-order valence-electron chi connectivity index (χ1n) is 15.0. The molecule has 6 heterocycles. The third-order valence-corrected chi connectivity index (χ3v) is 9.97. The Morgan fingerprint density at radius 2 is 1.79 bits per heavy atom. The normalized spacial score (nSPS) is 19.4. The number of benzene rings is 1. The van der Waals surface area contributed by atoms with Crippen LogP contribution in [0.2, 0.25) is 10.0 Å². The number of aromatic nitrogens is 4. The highest BCUT2D eigenvalue weighted by Gasteiger charge is 2.46. The van der Waals surface area contributed by atoms with Crippen LogP contribution in [0, 0.1) is 11.3 Å². The van der Waals surface area contributed by atoms with Crippen LogP contribution in [0.5, 0.6) is 5.75 Å². The molecule has 1 amide bonds. The fourth-order valence-electron chi connectivity index (χ4n) is 6.84. The Labute approximate surface area is 260 Å². The zero-order valence-corrected chi connectivity index (χ0v) is 25.7. The number of rotatable bonds is 6. The van der Waals surface area contributed by atoms with Crippen LogP contribution >= 0.6 is 23.2 Å². The Balaban J connectivity index is 0.991. The van der Waals surface area contributed by atoms with Gasteiger partial charge < -0.3 is 19.9 Å². The van der Waals surface area contributed by atoms with E-state index in [1.54, 1.807) is 12.4 Å². The van der Waals surface area contributed by atoms with E-state index in [9.17, 15) is 4.79 Å². The molecule has 43 heavy (non-hydrogen) atoms. The molecule has 3 fully saturated rings. The number of anilines is 1. The first-order valence-corrected chi connectivity index (χ1v) is 15.8. The highest BCUT2D eigenvalue weighted by atomic mass is 35.5. The maximum absolute atomic E-state index is 13.0. The number of aromatic amines is 1. The van der Waals surface area contributed by atoms with Gasteiger partial charge >= 0.3 is 0 Å². The molecule has 0 radical (unpaired) electrons. The molecule has 3 aromatic heterocycles. The van der Waals surface area contributed by atoms with Crippen molar-refractivity contribution in [1.82, 2.24) is 30.4 Å². The minimum Gasteiger partial charge on any atom is -0.486 e. The van der Waals surface area contributed by atoms with E-state index in [0.29, 0.717) is 32.7 Å². The molecule has 1 spiro atoms. The van der Waals surface area contributed by atoms with E-state index < -0.39 is 0 Å². The molecule has 3 aliphatic rings. The number of hydrogen-bond acceptors (Lipinski definition) is 7. The maximum Gasteiger partial charge on any atom is 0.225 e. The van der Waals surface area contributed by atoms with Crippen molar-refractivity contribution < 1.29 is 9.53 Å². The predicted octanol–water partition coefficient (Wildman–Crippen LogP) is 5.90. The zero-order valence-electron chi connectivity index (χ0n) is 24.2. The van der Waals surface area contributed by atoms with Gasteiger partial charge in [0.15, 0.2) is 0 Å². The largest absolute Gasteiger partial charge is 0.486 e. The number of amides is 1. The number of nitrogens with one attached hydrogen (secondary N) is 2. The van der Waals surface area contributed by atoms with Gasteiger partial charge in [-0.15, -0.1) is 0 Å². The van der Waals surface area contributed by atoms with Crippen LogP contribution < -0.4 is 15.0 Å². The summed E-state index contributed by atoms with van der Waals surface area (Å²) < 4.78 is 6.22. The quantitative estimate of drug-likeness (QED) is 0.277. The summed E-state index contributed by atoms with van der Waals surface area (Å²) in [6.07, 6.45) is 8.74. The van der Waals surface area contributed by atoms with Crippen molar-refractivity contribution in [2.45, 2.75) is 38.7 Å². The van der Waals surface area contributed by atoms with E-state index in [4.69, 9.17) is 32.9 Å². The van der Waals surface area contributed by atoms with Gasteiger partial charge in [-0.05, 0) is 76.0 Å². The summed E-state index contributed by atoms with van der Waals surface area (Å²) in [5.41, 5.74) is 3.66. The van der Waals surface area contributed by atoms with Crippen LogP contribution in [0.3, 0.4) is 0 Å². The van der Waals surface area contributed by atoms with Crippen molar-refractivity contribution in [3.8, 4) is 17.0 Å². The molecule has 1 aromatic carbocycles. The summed E-state index contributed by atoms with van der Waals surface area (Å²) in [5.74, 6) is 2.24. The van der Waals surface area contributed by atoms with Gasteiger partial charge in [-0.2, -0.15) is 5.10 Å². The van der Waals surface area contributed by atoms with Gasteiger partial charge in [-0.25, -0.2) is 4.98 Å². The van der Waals surface area contributed by atoms with Crippen LogP contribution in [0.4, 0.5) is 5.82 Å². The van der Waals surface area contributed by atoms with Crippen LogP contribution in [-0.4, -0.2) is 70.2 Å². The number of ether oxygens (including phenoxy) is 1. The summed E-state index contributed by atoms with van der Waals surface area (Å²) in [6, 6.07) is 9.99. The molecule has 11 heteroatoms. The second-order valence-electron chi connectivity index (χ2n) is 12.2. The molecular weight excluding hydrogens is 585 g/mol. The molecular formula is C32H35Cl2N7O2. The molecule has 0 aliphatic carbocycles. The van der Waals surface area contributed by atoms with E-state index in [-0.39, 0.29) is 12.0 Å². The number of pyridine rings is 2. The number of carbonyl (C=O) groups excluding carboxylic acids is 1. The lowest BCUT2D eigenvalue weighted by Gasteiger charge is -2.54. The van der Waals surface area contributed by atoms with Crippen LogP contribution in [0.1, 0.15) is 44.3 Å². The fraction of sp³-hybridized carbons (Fsp3) is 0.438. The molecule has 7 rings (SSSR count). The molecule has 224 valence electrons. The van der Waals surface area contributed by atoms with E-state index in [1.165, 1.54) is 0 Å². The summed E-state index contributed by atoms with van der Waals surface area (Å²) >= 11 is 12.7. The molecule has 4 aromatic rings. The van der Waals surface area contributed by atoms with Gasteiger partial charge in [-0.1, -0.05) is 23.2 Å². The monoisotopic (exact) mass is 619 g/mol. The average Bonchev–Trinajstić information content (AvgIpc) is 3.43. The van der Waals surface area contributed by atoms with E-state index in [2.05, 4.69) is 42.4 Å². The number of hydrogen-bond donors (Lipinski definition) is 2. The highest BCUT2D eigenvalue weighted by molar-refractivity contribution is 6.35. The molecule has 1 atom stereocenters. The first kappa shape index (κ1) is 28.4. The van der Waals surface area contributed by atoms with Crippen molar-refractivity contribution in [2.75, 3.05) is 44.2 Å². The van der Waals surface area contributed by atoms with Crippen LogP contribution in [0.25, 0.3) is 22.2 Å². The van der Waals surface area contributed by atoms with E-state index in [1.807, 2.05) is 31.3 Å². The Kier molecular flexibility index (Phi) is 7.65. The molecule has 3 saturated heterocycles. The third-order valence-electron chi connectivity index (χ3n) is 9.37. The summed E-state index contributed by atoms with van der Waals surface area (Å²) in [5, 5.41) is 12.9. The number of halogens is 2. The zero-order chi connectivity index (χ0) is 29.6. The lowest BCUT2D eigenvalue weighted by atomic mass is 9.71. The van der Waals surface area contributed by atoms with Gasteiger partial charge in [0, 0.05) is 72.6 Å². The van der Waals surface area contributed by atoms with Crippen molar-refractivity contribution >= 4 is 45.8 Å². The second kappa shape index (κ2) is 11.6. The van der Waals surface area contributed by atoms with Gasteiger partial charge in [0.2, 0.25) is 5.91 Å².